The number of aromatic nitrogens is 2. The summed E-state index contributed by atoms with van der Waals surface area (Å²) >= 11 is 0. The normalized spacial score (nSPS) is 24.8. The van der Waals surface area contributed by atoms with Gasteiger partial charge in [0.15, 0.2) is 5.82 Å². The SMILES string of the molecule is C[C@@H](O)CN1CCN([C@@H](C)c2nc(C3CC3)no2)CC1. The number of aliphatic hydroxyl groups excluding tert-OH is 1. The van der Waals surface area contributed by atoms with Crippen molar-refractivity contribution >= 4 is 0 Å². The Morgan fingerprint density at radius 3 is 2.55 bits per heavy atom. The standard InChI is InChI=1S/C14H24N4O2/c1-10(19)9-17-5-7-18(8-6-17)11(2)14-15-13(16-20-14)12-3-4-12/h10-12,19H,3-9H2,1-2H3/t10-,11+/m1/s1. The van der Waals surface area contributed by atoms with Crippen LogP contribution in [0.25, 0.3) is 0 Å². The molecule has 1 saturated carbocycles. The van der Waals surface area contributed by atoms with Gasteiger partial charge in [0.25, 0.3) is 0 Å². The van der Waals surface area contributed by atoms with Gasteiger partial charge < -0.3 is 9.63 Å². The molecule has 2 heterocycles. The monoisotopic (exact) mass is 280 g/mol. The molecule has 0 spiro atoms. The van der Waals surface area contributed by atoms with Gasteiger partial charge >= 0.3 is 0 Å². The number of hydrogen-bond acceptors (Lipinski definition) is 6. The topological polar surface area (TPSA) is 65.6 Å². The summed E-state index contributed by atoms with van der Waals surface area (Å²) in [5.41, 5.74) is 0. The van der Waals surface area contributed by atoms with Crippen molar-refractivity contribution in [3.8, 4) is 0 Å². The second kappa shape index (κ2) is 5.79. The summed E-state index contributed by atoms with van der Waals surface area (Å²) in [5.74, 6) is 2.18. The highest BCUT2D eigenvalue weighted by Gasteiger charge is 2.31. The Labute approximate surface area is 119 Å². The summed E-state index contributed by atoms with van der Waals surface area (Å²) in [6.45, 7) is 8.66. The van der Waals surface area contributed by atoms with Crippen LogP contribution in [0.15, 0.2) is 4.52 Å². The van der Waals surface area contributed by atoms with E-state index in [4.69, 9.17) is 4.52 Å². The summed E-state index contributed by atoms with van der Waals surface area (Å²) in [5, 5.41) is 13.5. The lowest BCUT2D eigenvalue weighted by Crippen LogP contribution is -2.48. The van der Waals surface area contributed by atoms with E-state index in [1.807, 2.05) is 6.92 Å². The average molecular weight is 280 g/mol. The van der Waals surface area contributed by atoms with Gasteiger partial charge in [0.2, 0.25) is 5.89 Å². The first-order valence-electron chi connectivity index (χ1n) is 7.61. The van der Waals surface area contributed by atoms with E-state index in [2.05, 4.69) is 26.9 Å². The number of rotatable bonds is 5. The number of piperazine rings is 1. The maximum absolute atomic E-state index is 9.43. The molecule has 2 atom stereocenters. The van der Waals surface area contributed by atoms with Crippen molar-refractivity contribution in [2.75, 3.05) is 32.7 Å². The fourth-order valence-corrected chi connectivity index (χ4v) is 2.79. The van der Waals surface area contributed by atoms with Crippen LogP contribution in [-0.4, -0.2) is 63.9 Å². The van der Waals surface area contributed by atoms with Gasteiger partial charge in [-0.05, 0) is 26.7 Å². The first-order chi connectivity index (χ1) is 9.63. The molecular weight excluding hydrogens is 256 g/mol. The lowest BCUT2D eigenvalue weighted by Gasteiger charge is -2.37. The van der Waals surface area contributed by atoms with Crippen molar-refractivity contribution in [3.63, 3.8) is 0 Å². The summed E-state index contributed by atoms with van der Waals surface area (Å²) in [7, 11) is 0. The van der Waals surface area contributed by atoms with Crippen molar-refractivity contribution in [1.29, 1.82) is 0 Å². The largest absolute Gasteiger partial charge is 0.392 e. The maximum Gasteiger partial charge on any atom is 0.243 e. The molecule has 1 saturated heterocycles. The van der Waals surface area contributed by atoms with Crippen LogP contribution >= 0.6 is 0 Å². The summed E-state index contributed by atoms with van der Waals surface area (Å²) < 4.78 is 5.42. The zero-order chi connectivity index (χ0) is 14.1. The third-order valence-corrected chi connectivity index (χ3v) is 4.23. The summed E-state index contributed by atoms with van der Waals surface area (Å²) in [6.07, 6.45) is 2.15. The molecule has 0 unspecified atom stereocenters. The molecular formula is C14H24N4O2. The van der Waals surface area contributed by atoms with Crippen LogP contribution in [0, 0.1) is 0 Å². The highest BCUT2D eigenvalue weighted by Crippen LogP contribution is 2.38. The molecule has 0 radical (unpaired) electrons. The van der Waals surface area contributed by atoms with Crippen molar-refractivity contribution < 1.29 is 9.63 Å². The molecule has 1 aliphatic carbocycles. The van der Waals surface area contributed by atoms with Crippen LogP contribution in [0.3, 0.4) is 0 Å². The van der Waals surface area contributed by atoms with Crippen molar-refractivity contribution in [2.45, 2.75) is 44.8 Å². The average Bonchev–Trinajstić information content (AvgIpc) is 3.16. The van der Waals surface area contributed by atoms with Gasteiger partial charge in [-0.25, -0.2) is 0 Å². The van der Waals surface area contributed by atoms with Gasteiger partial charge in [0.05, 0.1) is 12.1 Å². The van der Waals surface area contributed by atoms with E-state index in [9.17, 15) is 5.11 Å². The Hall–Kier alpha value is -0.980. The Balaban J connectivity index is 1.53. The van der Waals surface area contributed by atoms with Crippen molar-refractivity contribution in [3.05, 3.63) is 11.7 Å². The second-order valence-electron chi connectivity index (χ2n) is 6.13. The lowest BCUT2D eigenvalue weighted by atomic mass is 10.2. The van der Waals surface area contributed by atoms with E-state index >= 15 is 0 Å². The molecule has 6 nitrogen and oxygen atoms in total. The van der Waals surface area contributed by atoms with Crippen LogP contribution < -0.4 is 0 Å². The third-order valence-electron chi connectivity index (χ3n) is 4.23. The molecule has 6 heteroatoms. The van der Waals surface area contributed by atoms with Crippen LogP contribution in [0.1, 0.15) is 50.4 Å². The van der Waals surface area contributed by atoms with E-state index in [1.54, 1.807) is 0 Å². The smallest absolute Gasteiger partial charge is 0.243 e. The van der Waals surface area contributed by atoms with Gasteiger partial charge in [-0.1, -0.05) is 5.16 Å². The predicted octanol–water partition coefficient (Wildman–Crippen LogP) is 1.01. The van der Waals surface area contributed by atoms with E-state index in [0.717, 1.165) is 44.4 Å². The van der Waals surface area contributed by atoms with Crippen LogP contribution in [0.2, 0.25) is 0 Å². The van der Waals surface area contributed by atoms with Gasteiger partial charge in [-0.3, -0.25) is 9.80 Å². The van der Waals surface area contributed by atoms with E-state index < -0.39 is 0 Å². The fourth-order valence-electron chi connectivity index (χ4n) is 2.79. The first kappa shape index (κ1) is 14.0. The minimum absolute atomic E-state index is 0.184. The molecule has 20 heavy (non-hydrogen) atoms. The van der Waals surface area contributed by atoms with Gasteiger partial charge in [0, 0.05) is 38.6 Å². The minimum Gasteiger partial charge on any atom is -0.392 e. The molecule has 3 rings (SSSR count). The Morgan fingerprint density at radius 1 is 1.25 bits per heavy atom. The molecule has 0 amide bonds. The molecule has 1 N–H and O–H groups in total. The minimum atomic E-state index is -0.254. The Bertz CT molecular complexity index is 436. The molecule has 2 aliphatic rings. The number of nitrogens with zero attached hydrogens (tertiary/aromatic N) is 4. The van der Waals surface area contributed by atoms with Gasteiger partial charge in [-0.15, -0.1) is 0 Å². The van der Waals surface area contributed by atoms with Crippen molar-refractivity contribution in [2.24, 2.45) is 0 Å². The molecule has 0 aromatic carbocycles. The van der Waals surface area contributed by atoms with Crippen LogP contribution in [0.5, 0.6) is 0 Å². The molecule has 1 aromatic heterocycles. The molecule has 112 valence electrons. The maximum atomic E-state index is 9.43. The zero-order valence-corrected chi connectivity index (χ0v) is 12.3. The molecule has 2 fully saturated rings. The Morgan fingerprint density at radius 2 is 1.95 bits per heavy atom. The number of aliphatic hydroxyl groups is 1. The third kappa shape index (κ3) is 3.19. The van der Waals surface area contributed by atoms with Crippen LogP contribution in [-0.2, 0) is 0 Å². The van der Waals surface area contributed by atoms with E-state index in [1.165, 1.54) is 12.8 Å². The summed E-state index contributed by atoms with van der Waals surface area (Å²) in [6, 6.07) is 0.184. The van der Waals surface area contributed by atoms with Gasteiger partial charge in [0.1, 0.15) is 0 Å². The van der Waals surface area contributed by atoms with E-state index in [-0.39, 0.29) is 12.1 Å². The quantitative estimate of drug-likeness (QED) is 0.868. The lowest BCUT2D eigenvalue weighted by molar-refractivity contribution is 0.0582. The highest BCUT2D eigenvalue weighted by atomic mass is 16.5. The number of β-amino-alcohol motifs (C(OH)–C–C–N with tert-alkyl or cyclic N) is 1. The molecule has 1 aliphatic heterocycles. The molecule has 0 bridgehead atoms. The highest BCUT2D eigenvalue weighted by molar-refractivity contribution is 5.04. The number of hydrogen-bond donors (Lipinski definition) is 1. The summed E-state index contributed by atoms with van der Waals surface area (Å²) in [4.78, 5) is 9.22. The first-order valence-corrected chi connectivity index (χ1v) is 7.61. The van der Waals surface area contributed by atoms with E-state index in [0.29, 0.717) is 5.92 Å². The molecule has 1 aromatic rings. The van der Waals surface area contributed by atoms with Crippen molar-refractivity contribution in [1.82, 2.24) is 19.9 Å². The van der Waals surface area contributed by atoms with Crippen LogP contribution in [0.4, 0.5) is 0 Å². The predicted molar refractivity (Wildman–Crippen MR) is 74.4 cm³/mol. The fraction of sp³-hybridized carbons (Fsp3) is 0.857. The van der Waals surface area contributed by atoms with Gasteiger partial charge in [-0.2, -0.15) is 4.98 Å². The zero-order valence-electron chi connectivity index (χ0n) is 12.3. The second-order valence-corrected chi connectivity index (χ2v) is 6.13. The Kier molecular flexibility index (Phi) is 4.05.